The zero-order chi connectivity index (χ0) is 21.5. The summed E-state index contributed by atoms with van der Waals surface area (Å²) in [6, 6.07) is 14.0. The Hall–Kier alpha value is -3.87. The average molecular weight is 405 g/mol. The van der Waals surface area contributed by atoms with E-state index in [4.69, 9.17) is 9.47 Å². The van der Waals surface area contributed by atoms with Gasteiger partial charge in [-0.15, -0.1) is 0 Å². The molecule has 7 heteroatoms. The SMILES string of the molecule is COc1cccc(CNC(=O)c2cccc(C)c2NC(=O)c2ccncc2)c1OC. The number of carbonyl (C=O) groups excluding carboxylic acids is 2. The third kappa shape index (κ3) is 4.57. The second-order valence-electron chi connectivity index (χ2n) is 6.52. The number of pyridine rings is 1. The summed E-state index contributed by atoms with van der Waals surface area (Å²) in [5.74, 6) is 0.532. The van der Waals surface area contributed by atoms with Crippen molar-refractivity contribution in [3.8, 4) is 11.5 Å². The average Bonchev–Trinajstić information content (AvgIpc) is 2.78. The number of methoxy groups -OCH3 is 2. The van der Waals surface area contributed by atoms with Crippen molar-refractivity contribution in [2.24, 2.45) is 0 Å². The molecule has 0 saturated heterocycles. The fraction of sp³-hybridized carbons (Fsp3) is 0.174. The molecular formula is C23H23N3O4. The van der Waals surface area contributed by atoms with Gasteiger partial charge < -0.3 is 20.1 Å². The van der Waals surface area contributed by atoms with Crippen LogP contribution in [-0.2, 0) is 6.54 Å². The van der Waals surface area contributed by atoms with E-state index in [2.05, 4.69) is 15.6 Å². The monoisotopic (exact) mass is 405 g/mol. The minimum Gasteiger partial charge on any atom is -0.493 e. The van der Waals surface area contributed by atoms with Gasteiger partial charge in [0.2, 0.25) is 0 Å². The smallest absolute Gasteiger partial charge is 0.255 e. The lowest BCUT2D eigenvalue weighted by atomic mass is 10.1. The maximum atomic E-state index is 12.9. The van der Waals surface area contributed by atoms with E-state index in [-0.39, 0.29) is 18.4 Å². The Morgan fingerprint density at radius 1 is 0.933 bits per heavy atom. The molecule has 0 radical (unpaired) electrons. The lowest BCUT2D eigenvalue weighted by molar-refractivity contribution is 0.0951. The highest BCUT2D eigenvalue weighted by Crippen LogP contribution is 2.30. The number of para-hydroxylation sites is 2. The van der Waals surface area contributed by atoms with Crippen LogP contribution in [-0.4, -0.2) is 31.0 Å². The first-order chi connectivity index (χ1) is 14.5. The number of nitrogens with one attached hydrogen (secondary N) is 2. The van der Waals surface area contributed by atoms with Crippen LogP contribution in [0.2, 0.25) is 0 Å². The summed E-state index contributed by atoms with van der Waals surface area (Å²) in [4.78, 5) is 29.4. The summed E-state index contributed by atoms with van der Waals surface area (Å²) < 4.78 is 10.7. The largest absolute Gasteiger partial charge is 0.493 e. The Kier molecular flexibility index (Phi) is 6.64. The molecule has 3 aromatic rings. The third-order valence-corrected chi connectivity index (χ3v) is 4.62. The Morgan fingerprint density at radius 2 is 1.67 bits per heavy atom. The number of benzene rings is 2. The molecule has 30 heavy (non-hydrogen) atoms. The molecule has 3 rings (SSSR count). The van der Waals surface area contributed by atoms with E-state index in [1.54, 1.807) is 56.9 Å². The van der Waals surface area contributed by atoms with Crippen molar-refractivity contribution in [3.05, 3.63) is 83.2 Å². The number of hydrogen-bond donors (Lipinski definition) is 2. The first-order valence-electron chi connectivity index (χ1n) is 9.34. The third-order valence-electron chi connectivity index (χ3n) is 4.62. The molecule has 154 valence electrons. The van der Waals surface area contributed by atoms with Gasteiger partial charge >= 0.3 is 0 Å². The van der Waals surface area contributed by atoms with Crippen molar-refractivity contribution in [2.75, 3.05) is 19.5 Å². The number of aromatic nitrogens is 1. The van der Waals surface area contributed by atoms with E-state index in [1.165, 1.54) is 0 Å². The molecule has 0 aliphatic rings. The highest BCUT2D eigenvalue weighted by atomic mass is 16.5. The molecule has 2 amide bonds. The summed E-state index contributed by atoms with van der Waals surface area (Å²) in [6.07, 6.45) is 3.09. The molecule has 1 heterocycles. The number of amides is 2. The standard InChI is InChI=1S/C23H23N3O4/c1-15-6-4-8-18(20(15)26-22(27)16-10-12-24-13-11-16)23(28)25-14-17-7-5-9-19(29-2)21(17)30-3/h4-13H,14H2,1-3H3,(H,25,28)(H,26,27). The number of aryl methyl sites for hydroxylation is 1. The summed E-state index contributed by atoms with van der Waals surface area (Å²) in [5, 5.41) is 5.73. The zero-order valence-corrected chi connectivity index (χ0v) is 17.1. The van der Waals surface area contributed by atoms with Crippen LogP contribution in [0.4, 0.5) is 5.69 Å². The second-order valence-corrected chi connectivity index (χ2v) is 6.52. The lowest BCUT2D eigenvalue weighted by Gasteiger charge is -2.16. The fourth-order valence-electron chi connectivity index (χ4n) is 3.08. The van der Waals surface area contributed by atoms with Gasteiger partial charge in [-0.1, -0.05) is 24.3 Å². The van der Waals surface area contributed by atoms with Crippen molar-refractivity contribution in [1.82, 2.24) is 10.3 Å². The normalized spacial score (nSPS) is 10.2. The Balaban J connectivity index is 1.80. The quantitative estimate of drug-likeness (QED) is 0.627. The minimum absolute atomic E-state index is 0.241. The molecule has 0 saturated carbocycles. The molecule has 1 aromatic heterocycles. The highest BCUT2D eigenvalue weighted by molar-refractivity contribution is 6.09. The molecule has 0 atom stereocenters. The van der Waals surface area contributed by atoms with Gasteiger partial charge in [0.25, 0.3) is 11.8 Å². The summed E-state index contributed by atoms with van der Waals surface area (Å²) in [7, 11) is 3.11. The maximum Gasteiger partial charge on any atom is 0.255 e. The van der Waals surface area contributed by atoms with E-state index in [1.807, 2.05) is 25.1 Å². The predicted octanol–water partition coefficient (Wildman–Crippen LogP) is 3.59. The molecule has 0 unspecified atom stereocenters. The predicted molar refractivity (Wildman–Crippen MR) is 114 cm³/mol. The van der Waals surface area contributed by atoms with E-state index in [9.17, 15) is 9.59 Å². The number of carbonyl (C=O) groups is 2. The molecular weight excluding hydrogens is 382 g/mol. The van der Waals surface area contributed by atoms with Crippen LogP contribution in [0.25, 0.3) is 0 Å². The van der Waals surface area contributed by atoms with Crippen molar-refractivity contribution in [2.45, 2.75) is 13.5 Å². The molecule has 2 aromatic carbocycles. The highest BCUT2D eigenvalue weighted by Gasteiger charge is 2.17. The lowest BCUT2D eigenvalue weighted by Crippen LogP contribution is -2.25. The Labute approximate surface area is 175 Å². The van der Waals surface area contributed by atoms with E-state index >= 15 is 0 Å². The van der Waals surface area contributed by atoms with Crippen LogP contribution in [0, 0.1) is 6.92 Å². The second kappa shape index (κ2) is 9.56. The minimum atomic E-state index is -0.311. The van der Waals surface area contributed by atoms with Gasteiger partial charge in [-0.25, -0.2) is 0 Å². The van der Waals surface area contributed by atoms with Crippen LogP contribution < -0.4 is 20.1 Å². The van der Waals surface area contributed by atoms with Crippen LogP contribution in [0.5, 0.6) is 11.5 Å². The van der Waals surface area contributed by atoms with Crippen LogP contribution >= 0.6 is 0 Å². The molecule has 7 nitrogen and oxygen atoms in total. The molecule has 2 N–H and O–H groups in total. The Bertz CT molecular complexity index is 1050. The Morgan fingerprint density at radius 3 is 2.37 bits per heavy atom. The van der Waals surface area contributed by atoms with E-state index < -0.39 is 0 Å². The van der Waals surface area contributed by atoms with Crippen molar-refractivity contribution < 1.29 is 19.1 Å². The van der Waals surface area contributed by atoms with Gasteiger partial charge in [0, 0.05) is 30.1 Å². The summed E-state index contributed by atoms with van der Waals surface area (Å²) in [5.41, 5.74) is 2.86. The number of rotatable bonds is 7. The van der Waals surface area contributed by atoms with Gasteiger partial charge in [0.05, 0.1) is 25.5 Å². The topological polar surface area (TPSA) is 89.6 Å². The zero-order valence-electron chi connectivity index (χ0n) is 17.1. The van der Waals surface area contributed by atoms with Crippen molar-refractivity contribution in [3.63, 3.8) is 0 Å². The van der Waals surface area contributed by atoms with Gasteiger partial charge in [-0.2, -0.15) is 0 Å². The van der Waals surface area contributed by atoms with Crippen LogP contribution in [0.1, 0.15) is 31.8 Å². The van der Waals surface area contributed by atoms with E-state index in [0.717, 1.165) is 11.1 Å². The number of nitrogens with zero attached hydrogens (tertiary/aromatic N) is 1. The van der Waals surface area contributed by atoms with E-state index in [0.29, 0.717) is 28.3 Å². The first kappa shape index (κ1) is 20.9. The van der Waals surface area contributed by atoms with Gasteiger partial charge in [0.15, 0.2) is 11.5 Å². The van der Waals surface area contributed by atoms with Crippen LogP contribution in [0.3, 0.4) is 0 Å². The summed E-state index contributed by atoms with van der Waals surface area (Å²) in [6.45, 7) is 2.08. The van der Waals surface area contributed by atoms with Crippen molar-refractivity contribution in [1.29, 1.82) is 0 Å². The number of hydrogen-bond acceptors (Lipinski definition) is 5. The first-order valence-corrected chi connectivity index (χ1v) is 9.34. The molecule has 0 spiro atoms. The molecule has 0 aliphatic carbocycles. The number of ether oxygens (including phenoxy) is 2. The van der Waals surface area contributed by atoms with Gasteiger partial charge in [-0.05, 0) is 36.8 Å². The van der Waals surface area contributed by atoms with Gasteiger partial charge in [0.1, 0.15) is 0 Å². The molecule has 0 fully saturated rings. The fourth-order valence-corrected chi connectivity index (χ4v) is 3.08. The van der Waals surface area contributed by atoms with Gasteiger partial charge in [-0.3, -0.25) is 14.6 Å². The molecule has 0 bridgehead atoms. The van der Waals surface area contributed by atoms with Crippen LogP contribution in [0.15, 0.2) is 60.9 Å². The van der Waals surface area contributed by atoms with Crippen molar-refractivity contribution >= 4 is 17.5 Å². The summed E-state index contributed by atoms with van der Waals surface area (Å²) >= 11 is 0. The molecule has 0 aliphatic heterocycles. The maximum absolute atomic E-state index is 12.9. The number of anilines is 1.